The minimum absolute atomic E-state index is 0.0785. The number of ether oxygens (including phenoxy) is 3. The van der Waals surface area contributed by atoms with Crippen molar-refractivity contribution in [1.29, 1.82) is 0 Å². The standard InChI is InChI=1S/C19H27NO4/c21-18(7-4-11-23-17-5-2-1-3-6-17)20-16-8-12-24-19(15-16)9-13-22-14-10-19/h1-3,5-6,16H,4,7-15H2,(H,20,21)/t16-/m0/s1. The van der Waals surface area contributed by atoms with E-state index in [4.69, 9.17) is 14.2 Å². The number of benzene rings is 1. The van der Waals surface area contributed by atoms with Crippen molar-refractivity contribution in [2.24, 2.45) is 0 Å². The Hall–Kier alpha value is -1.59. The van der Waals surface area contributed by atoms with Gasteiger partial charge in [0.05, 0.1) is 12.2 Å². The van der Waals surface area contributed by atoms with Crippen molar-refractivity contribution in [3.63, 3.8) is 0 Å². The van der Waals surface area contributed by atoms with E-state index in [0.29, 0.717) is 13.0 Å². The maximum absolute atomic E-state index is 12.2. The zero-order valence-electron chi connectivity index (χ0n) is 14.2. The van der Waals surface area contributed by atoms with Crippen LogP contribution >= 0.6 is 0 Å². The highest BCUT2D eigenvalue weighted by Crippen LogP contribution is 2.34. The molecule has 5 nitrogen and oxygen atoms in total. The molecule has 0 unspecified atom stereocenters. The molecule has 2 heterocycles. The summed E-state index contributed by atoms with van der Waals surface area (Å²) in [4.78, 5) is 12.2. The fourth-order valence-electron chi connectivity index (χ4n) is 3.48. The Bertz CT molecular complexity index is 508. The molecule has 24 heavy (non-hydrogen) atoms. The van der Waals surface area contributed by atoms with Gasteiger partial charge in [0, 0.05) is 32.3 Å². The molecule has 1 aromatic carbocycles. The van der Waals surface area contributed by atoms with Crippen LogP contribution in [0.5, 0.6) is 5.75 Å². The SMILES string of the molecule is O=C(CCCOc1ccccc1)N[C@H]1CCOC2(CCOCC2)C1. The largest absolute Gasteiger partial charge is 0.494 e. The lowest BCUT2D eigenvalue weighted by molar-refractivity contribution is -0.144. The summed E-state index contributed by atoms with van der Waals surface area (Å²) in [6.45, 7) is 2.81. The van der Waals surface area contributed by atoms with Crippen LogP contribution in [0, 0.1) is 0 Å². The summed E-state index contributed by atoms with van der Waals surface area (Å²) < 4.78 is 17.1. The summed E-state index contributed by atoms with van der Waals surface area (Å²) in [7, 11) is 0. The third kappa shape index (κ3) is 4.95. The van der Waals surface area contributed by atoms with Crippen LogP contribution in [0.4, 0.5) is 0 Å². The molecule has 0 radical (unpaired) electrons. The van der Waals surface area contributed by atoms with Crippen molar-refractivity contribution in [1.82, 2.24) is 5.32 Å². The number of nitrogens with one attached hydrogen (secondary N) is 1. The van der Waals surface area contributed by atoms with Gasteiger partial charge in [-0.15, -0.1) is 0 Å². The van der Waals surface area contributed by atoms with Gasteiger partial charge in [0.25, 0.3) is 0 Å². The number of hydrogen-bond acceptors (Lipinski definition) is 4. The molecule has 5 heteroatoms. The van der Waals surface area contributed by atoms with Crippen LogP contribution in [0.25, 0.3) is 0 Å². The van der Waals surface area contributed by atoms with E-state index in [1.165, 1.54) is 0 Å². The smallest absolute Gasteiger partial charge is 0.220 e. The third-order valence-corrected chi connectivity index (χ3v) is 4.82. The zero-order valence-corrected chi connectivity index (χ0v) is 14.2. The first-order chi connectivity index (χ1) is 11.8. The second-order valence-corrected chi connectivity index (χ2v) is 6.67. The van der Waals surface area contributed by atoms with E-state index in [1.54, 1.807) is 0 Å². The zero-order chi connectivity index (χ0) is 16.7. The molecule has 0 aliphatic carbocycles. The summed E-state index contributed by atoms with van der Waals surface area (Å²) in [5.41, 5.74) is -0.0785. The van der Waals surface area contributed by atoms with E-state index in [2.05, 4.69) is 5.32 Å². The molecule has 0 aromatic heterocycles. The summed E-state index contributed by atoms with van der Waals surface area (Å²) in [6.07, 6.45) is 4.90. The summed E-state index contributed by atoms with van der Waals surface area (Å²) in [6, 6.07) is 9.92. The van der Waals surface area contributed by atoms with Gasteiger partial charge in [0.1, 0.15) is 5.75 Å². The van der Waals surface area contributed by atoms with Crippen LogP contribution in [0.15, 0.2) is 30.3 Å². The summed E-state index contributed by atoms with van der Waals surface area (Å²) in [5, 5.41) is 3.17. The molecular weight excluding hydrogens is 306 g/mol. The van der Waals surface area contributed by atoms with Gasteiger partial charge in [-0.2, -0.15) is 0 Å². The number of rotatable bonds is 6. The van der Waals surface area contributed by atoms with Crippen molar-refractivity contribution in [2.45, 2.75) is 50.2 Å². The quantitative estimate of drug-likeness (QED) is 0.813. The number of amides is 1. The molecule has 2 saturated heterocycles. The second-order valence-electron chi connectivity index (χ2n) is 6.67. The Labute approximate surface area is 143 Å². The fraction of sp³-hybridized carbons (Fsp3) is 0.632. The van der Waals surface area contributed by atoms with Crippen LogP contribution in [0.2, 0.25) is 0 Å². The molecular formula is C19H27NO4. The topological polar surface area (TPSA) is 56.8 Å². The second kappa shape index (κ2) is 8.49. The summed E-state index contributed by atoms with van der Waals surface area (Å²) >= 11 is 0. The molecule has 0 bridgehead atoms. The Balaban J connectivity index is 1.35. The molecule has 3 rings (SSSR count). The number of para-hydroxylation sites is 1. The average Bonchev–Trinajstić information content (AvgIpc) is 2.60. The van der Waals surface area contributed by atoms with Crippen molar-refractivity contribution in [3.05, 3.63) is 30.3 Å². The van der Waals surface area contributed by atoms with Crippen LogP contribution in [-0.4, -0.2) is 44.0 Å². The minimum Gasteiger partial charge on any atom is -0.494 e. The molecule has 1 aromatic rings. The molecule has 1 spiro atoms. The van der Waals surface area contributed by atoms with E-state index in [-0.39, 0.29) is 17.6 Å². The molecule has 1 atom stereocenters. The fourth-order valence-corrected chi connectivity index (χ4v) is 3.48. The first-order valence-electron chi connectivity index (χ1n) is 8.95. The van der Waals surface area contributed by atoms with Gasteiger partial charge in [-0.25, -0.2) is 0 Å². The highest BCUT2D eigenvalue weighted by atomic mass is 16.5. The monoisotopic (exact) mass is 333 g/mol. The molecule has 1 amide bonds. The average molecular weight is 333 g/mol. The van der Waals surface area contributed by atoms with Gasteiger partial charge in [-0.3, -0.25) is 4.79 Å². The Morgan fingerprint density at radius 1 is 1.21 bits per heavy atom. The Kier molecular flexibility index (Phi) is 6.10. The lowest BCUT2D eigenvalue weighted by Crippen LogP contribution is -2.51. The minimum atomic E-state index is -0.0785. The number of carbonyl (C=O) groups is 1. The van der Waals surface area contributed by atoms with Gasteiger partial charge in [-0.1, -0.05) is 18.2 Å². The maximum atomic E-state index is 12.2. The van der Waals surface area contributed by atoms with E-state index < -0.39 is 0 Å². The molecule has 2 fully saturated rings. The van der Waals surface area contributed by atoms with Gasteiger partial charge >= 0.3 is 0 Å². The Morgan fingerprint density at radius 3 is 2.79 bits per heavy atom. The van der Waals surface area contributed by atoms with Crippen LogP contribution in [-0.2, 0) is 14.3 Å². The highest BCUT2D eigenvalue weighted by molar-refractivity contribution is 5.76. The molecule has 1 N–H and O–H groups in total. The molecule has 2 aliphatic rings. The maximum Gasteiger partial charge on any atom is 0.220 e. The highest BCUT2D eigenvalue weighted by Gasteiger charge is 2.39. The van der Waals surface area contributed by atoms with Crippen molar-refractivity contribution >= 4 is 5.91 Å². The molecule has 2 aliphatic heterocycles. The molecule has 0 saturated carbocycles. The van der Waals surface area contributed by atoms with Crippen molar-refractivity contribution < 1.29 is 19.0 Å². The molecule has 132 valence electrons. The van der Waals surface area contributed by atoms with Crippen molar-refractivity contribution in [2.75, 3.05) is 26.4 Å². The van der Waals surface area contributed by atoms with Crippen LogP contribution < -0.4 is 10.1 Å². The normalized spacial score (nSPS) is 22.9. The Morgan fingerprint density at radius 2 is 2.00 bits per heavy atom. The van der Waals surface area contributed by atoms with Crippen molar-refractivity contribution in [3.8, 4) is 5.75 Å². The van der Waals surface area contributed by atoms with Crippen LogP contribution in [0.1, 0.15) is 38.5 Å². The van der Waals surface area contributed by atoms with E-state index in [0.717, 1.165) is 57.7 Å². The van der Waals surface area contributed by atoms with Gasteiger partial charge in [-0.05, 0) is 44.2 Å². The first-order valence-corrected chi connectivity index (χ1v) is 8.95. The lowest BCUT2D eigenvalue weighted by Gasteiger charge is -2.43. The van der Waals surface area contributed by atoms with Gasteiger partial charge in [0.15, 0.2) is 0 Å². The predicted molar refractivity (Wildman–Crippen MR) is 91.1 cm³/mol. The predicted octanol–water partition coefficient (Wildman–Crippen LogP) is 2.69. The third-order valence-electron chi connectivity index (χ3n) is 4.82. The van der Waals surface area contributed by atoms with E-state index >= 15 is 0 Å². The van der Waals surface area contributed by atoms with Gasteiger partial charge in [0.2, 0.25) is 5.91 Å². The number of hydrogen-bond donors (Lipinski definition) is 1. The van der Waals surface area contributed by atoms with Gasteiger partial charge < -0.3 is 19.5 Å². The first kappa shape index (κ1) is 17.2. The van der Waals surface area contributed by atoms with Crippen LogP contribution in [0.3, 0.4) is 0 Å². The van der Waals surface area contributed by atoms with E-state index in [9.17, 15) is 4.79 Å². The number of carbonyl (C=O) groups excluding carboxylic acids is 1. The summed E-state index contributed by atoms with van der Waals surface area (Å²) in [5.74, 6) is 0.963. The lowest BCUT2D eigenvalue weighted by atomic mass is 9.84. The van der Waals surface area contributed by atoms with E-state index in [1.807, 2.05) is 30.3 Å².